The molecular formula is C26H24N6O5S. The van der Waals surface area contributed by atoms with E-state index in [0.717, 1.165) is 11.3 Å². The van der Waals surface area contributed by atoms with Crippen LogP contribution in [0.5, 0.6) is 11.5 Å². The van der Waals surface area contributed by atoms with Gasteiger partial charge in [-0.1, -0.05) is 42.1 Å². The van der Waals surface area contributed by atoms with Crippen molar-refractivity contribution in [3.8, 4) is 28.6 Å². The molecule has 0 saturated heterocycles. The normalized spacial score (nSPS) is 11.2. The lowest BCUT2D eigenvalue weighted by molar-refractivity contribution is -0.384. The van der Waals surface area contributed by atoms with Crippen molar-refractivity contribution in [3.63, 3.8) is 0 Å². The van der Waals surface area contributed by atoms with Crippen LogP contribution in [0.25, 0.3) is 17.1 Å². The van der Waals surface area contributed by atoms with Crippen molar-refractivity contribution in [1.29, 1.82) is 0 Å². The number of amides is 1. The van der Waals surface area contributed by atoms with Gasteiger partial charge in [-0.3, -0.25) is 19.5 Å². The molecule has 1 aromatic heterocycles. The zero-order valence-electron chi connectivity index (χ0n) is 20.8. The Morgan fingerprint density at radius 1 is 1.03 bits per heavy atom. The Morgan fingerprint density at radius 2 is 1.79 bits per heavy atom. The first-order chi connectivity index (χ1) is 18.4. The molecule has 0 radical (unpaired) electrons. The van der Waals surface area contributed by atoms with E-state index in [1.165, 1.54) is 23.9 Å². The number of benzene rings is 3. The van der Waals surface area contributed by atoms with E-state index in [-0.39, 0.29) is 17.3 Å². The molecule has 12 heteroatoms. The minimum Gasteiger partial charge on any atom is -0.493 e. The number of thioether (sulfide) groups is 1. The second kappa shape index (κ2) is 12.0. The lowest BCUT2D eigenvalue weighted by Crippen LogP contribution is -2.21. The van der Waals surface area contributed by atoms with Gasteiger partial charge >= 0.3 is 0 Å². The van der Waals surface area contributed by atoms with Crippen molar-refractivity contribution in [2.45, 2.75) is 12.1 Å². The highest BCUT2D eigenvalue weighted by atomic mass is 32.2. The largest absolute Gasteiger partial charge is 0.493 e. The van der Waals surface area contributed by atoms with Gasteiger partial charge in [-0.2, -0.15) is 5.10 Å². The maximum absolute atomic E-state index is 12.6. The second-order valence-corrected chi connectivity index (χ2v) is 8.82. The number of carbonyl (C=O) groups excluding carboxylic acids is 1. The first kappa shape index (κ1) is 26.4. The molecule has 0 spiro atoms. The maximum atomic E-state index is 12.6. The predicted molar refractivity (Wildman–Crippen MR) is 144 cm³/mol. The molecule has 0 bridgehead atoms. The molecule has 0 aliphatic rings. The van der Waals surface area contributed by atoms with Gasteiger partial charge in [0, 0.05) is 28.9 Å². The van der Waals surface area contributed by atoms with Crippen LogP contribution in [0, 0.1) is 10.1 Å². The SMILES string of the molecule is COc1ccc(-c2nnc(SCC(=O)N/N=C(\C)c3cccc([N+](=O)[O-])c3)n2-c2ccccc2)cc1OC. The summed E-state index contributed by atoms with van der Waals surface area (Å²) in [7, 11) is 3.13. The summed E-state index contributed by atoms with van der Waals surface area (Å²) in [6.07, 6.45) is 0. The number of hydrogen-bond donors (Lipinski definition) is 1. The van der Waals surface area contributed by atoms with Gasteiger partial charge in [-0.25, -0.2) is 5.43 Å². The van der Waals surface area contributed by atoms with Crippen LogP contribution in [-0.4, -0.2) is 51.3 Å². The summed E-state index contributed by atoms with van der Waals surface area (Å²) >= 11 is 1.20. The summed E-state index contributed by atoms with van der Waals surface area (Å²) in [5, 5.41) is 24.3. The van der Waals surface area contributed by atoms with Gasteiger partial charge in [0.25, 0.3) is 11.6 Å². The van der Waals surface area contributed by atoms with Gasteiger partial charge in [0.1, 0.15) is 0 Å². The fourth-order valence-corrected chi connectivity index (χ4v) is 4.30. The van der Waals surface area contributed by atoms with Crippen LogP contribution >= 0.6 is 11.8 Å². The average molecular weight is 533 g/mol. The van der Waals surface area contributed by atoms with Crippen LogP contribution in [0.2, 0.25) is 0 Å². The molecule has 1 amide bonds. The molecule has 3 aromatic carbocycles. The van der Waals surface area contributed by atoms with Crippen LogP contribution in [-0.2, 0) is 4.79 Å². The average Bonchev–Trinajstić information content (AvgIpc) is 3.38. The van der Waals surface area contributed by atoms with Gasteiger partial charge in [-0.05, 0) is 37.3 Å². The zero-order valence-corrected chi connectivity index (χ0v) is 21.6. The molecule has 11 nitrogen and oxygen atoms in total. The Kier molecular flexibility index (Phi) is 8.34. The number of hydrazone groups is 1. The topological polar surface area (TPSA) is 134 Å². The third-order valence-electron chi connectivity index (χ3n) is 5.44. The van der Waals surface area contributed by atoms with Crippen molar-refractivity contribution < 1.29 is 19.2 Å². The number of aromatic nitrogens is 3. The van der Waals surface area contributed by atoms with Crippen molar-refractivity contribution in [2.75, 3.05) is 20.0 Å². The van der Waals surface area contributed by atoms with Gasteiger partial charge in [0.2, 0.25) is 0 Å². The van der Waals surface area contributed by atoms with Crippen LogP contribution in [0.15, 0.2) is 83.1 Å². The highest BCUT2D eigenvalue weighted by Gasteiger charge is 2.19. The minimum absolute atomic E-state index is 0.0165. The van der Waals surface area contributed by atoms with Gasteiger partial charge in [0.15, 0.2) is 22.5 Å². The van der Waals surface area contributed by atoms with E-state index in [0.29, 0.717) is 33.8 Å². The van der Waals surface area contributed by atoms with E-state index < -0.39 is 4.92 Å². The third kappa shape index (κ3) is 5.98. The molecule has 0 unspecified atom stereocenters. The molecule has 0 aliphatic heterocycles. The highest BCUT2D eigenvalue weighted by molar-refractivity contribution is 7.99. The number of nitrogens with one attached hydrogen (secondary N) is 1. The minimum atomic E-state index is -0.481. The summed E-state index contributed by atoms with van der Waals surface area (Å²) in [5.74, 6) is 1.37. The molecule has 4 rings (SSSR count). The van der Waals surface area contributed by atoms with Crippen molar-refractivity contribution >= 4 is 29.1 Å². The number of nitrogens with zero attached hydrogens (tertiary/aromatic N) is 5. The van der Waals surface area contributed by atoms with E-state index in [2.05, 4.69) is 20.7 Å². The van der Waals surface area contributed by atoms with E-state index in [4.69, 9.17) is 9.47 Å². The molecular weight excluding hydrogens is 508 g/mol. The monoisotopic (exact) mass is 532 g/mol. The molecule has 1 heterocycles. The number of methoxy groups -OCH3 is 2. The molecule has 0 fully saturated rings. The van der Waals surface area contributed by atoms with Crippen molar-refractivity contribution in [1.82, 2.24) is 20.2 Å². The number of rotatable bonds is 10. The van der Waals surface area contributed by atoms with Gasteiger partial charge < -0.3 is 9.47 Å². The van der Waals surface area contributed by atoms with E-state index in [1.807, 2.05) is 47.0 Å². The number of nitro benzene ring substituents is 1. The molecule has 4 aromatic rings. The number of carbonyl (C=O) groups is 1. The van der Waals surface area contributed by atoms with Gasteiger partial charge in [-0.15, -0.1) is 10.2 Å². The maximum Gasteiger partial charge on any atom is 0.270 e. The Bertz CT molecular complexity index is 1490. The highest BCUT2D eigenvalue weighted by Crippen LogP contribution is 2.34. The van der Waals surface area contributed by atoms with Gasteiger partial charge in [0.05, 0.1) is 30.6 Å². The van der Waals surface area contributed by atoms with Crippen LogP contribution in [0.1, 0.15) is 12.5 Å². The predicted octanol–water partition coefficient (Wildman–Crippen LogP) is 4.49. The summed E-state index contributed by atoms with van der Waals surface area (Å²) in [6.45, 7) is 1.66. The molecule has 1 N–H and O–H groups in total. The molecule has 194 valence electrons. The summed E-state index contributed by atoms with van der Waals surface area (Å²) in [5.41, 5.74) is 5.00. The summed E-state index contributed by atoms with van der Waals surface area (Å²) in [6, 6.07) is 21.1. The number of hydrogen-bond acceptors (Lipinski definition) is 9. The van der Waals surface area contributed by atoms with Crippen LogP contribution in [0.3, 0.4) is 0 Å². The first-order valence-electron chi connectivity index (χ1n) is 11.3. The number of ether oxygens (including phenoxy) is 2. The fourth-order valence-electron chi connectivity index (χ4n) is 3.55. The molecule has 0 atom stereocenters. The fraction of sp³-hybridized carbons (Fsp3) is 0.154. The quantitative estimate of drug-likeness (QED) is 0.137. The van der Waals surface area contributed by atoms with E-state index in [9.17, 15) is 14.9 Å². The van der Waals surface area contributed by atoms with Crippen LogP contribution in [0.4, 0.5) is 5.69 Å². The Balaban J connectivity index is 1.54. The number of non-ortho nitro benzene ring substituents is 1. The molecule has 0 saturated carbocycles. The Hall–Kier alpha value is -4.71. The van der Waals surface area contributed by atoms with E-state index in [1.54, 1.807) is 39.3 Å². The second-order valence-electron chi connectivity index (χ2n) is 7.88. The first-order valence-corrected chi connectivity index (χ1v) is 12.3. The lowest BCUT2D eigenvalue weighted by atomic mass is 10.1. The zero-order chi connectivity index (χ0) is 27.1. The standard InChI is InChI=1S/C26H24N6O5S/c1-17(18-8-7-11-21(14-18)32(34)35)27-28-24(33)16-38-26-30-29-25(31(26)20-9-5-4-6-10-20)19-12-13-22(36-2)23(15-19)37-3/h4-15H,16H2,1-3H3,(H,28,33)/b27-17+. The third-order valence-corrected chi connectivity index (χ3v) is 6.37. The van der Waals surface area contributed by atoms with Crippen LogP contribution < -0.4 is 14.9 Å². The smallest absolute Gasteiger partial charge is 0.270 e. The molecule has 0 aliphatic carbocycles. The number of nitro groups is 1. The lowest BCUT2D eigenvalue weighted by Gasteiger charge is -2.12. The Labute approximate surface area is 222 Å². The van der Waals surface area contributed by atoms with Crippen molar-refractivity contribution in [2.24, 2.45) is 5.10 Å². The van der Waals surface area contributed by atoms with E-state index >= 15 is 0 Å². The summed E-state index contributed by atoms with van der Waals surface area (Å²) < 4.78 is 12.6. The number of para-hydroxylation sites is 1. The Morgan fingerprint density at radius 3 is 2.50 bits per heavy atom. The van der Waals surface area contributed by atoms with Crippen molar-refractivity contribution in [3.05, 3.63) is 88.5 Å². The summed E-state index contributed by atoms with van der Waals surface area (Å²) in [4.78, 5) is 23.1. The molecule has 38 heavy (non-hydrogen) atoms.